The summed E-state index contributed by atoms with van der Waals surface area (Å²) in [5.41, 5.74) is 8.28. The van der Waals surface area contributed by atoms with Crippen LogP contribution < -0.4 is 16.0 Å². The van der Waals surface area contributed by atoms with Gasteiger partial charge in [0.2, 0.25) is 0 Å². The molecule has 4 aromatic rings. The Labute approximate surface area is 214 Å². The van der Waals surface area contributed by atoms with Gasteiger partial charge in [-0.05, 0) is 35.9 Å². The van der Waals surface area contributed by atoms with Crippen molar-refractivity contribution in [2.45, 2.75) is 11.4 Å². The number of ketones is 2. The number of nitrogens with one attached hydrogen (secondary N) is 1. The Morgan fingerprint density at radius 2 is 1.41 bits per heavy atom. The SMILES string of the molecule is CN(Cc1ccccc1)c1ccc(Nc2cc(S(=O)(=O)O)c(N)c3c2C(=O)c2ccccc2C3=O)cc1. The van der Waals surface area contributed by atoms with Gasteiger partial charge in [0.15, 0.2) is 11.6 Å². The Kier molecular flexibility index (Phi) is 6.02. The molecule has 0 saturated heterocycles. The smallest absolute Gasteiger partial charge is 0.296 e. The normalized spacial score (nSPS) is 12.6. The summed E-state index contributed by atoms with van der Waals surface area (Å²) in [4.78, 5) is 28.1. The number of fused-ring (bicyclic) bond motifs is 2. The van der Waals surface area contributed by atoms with E-state index < -0.39 is 32.3 Å². The number of nitrogens with two attached hydrogens (primary N) is 1. The molecule has 4 N–H and O–H groups in total. The van der Waals surface area contributed by atoms with Gasteiger partial charge in [0.1, 0.15) is 4.90 Å². The number of nitrogen functional groups attached to an aromatic ring is 1. The van der Waals surface area contributed by atoms with Crippen molar-refractivity contribution in [3.63, 3.8) is 0 Å². The Hall–Kier alpha value is -4.47. The zero-order valence-corrected chi connectivity index (χ0v) is 20.6. The average Bonchev–Trinajstić information content (AvgIpc) is 2.88. The molecule has 0 unspecified atom stereocenters. The molecule has 0 atom stereocenters. The van der Waals surface area contributed by atoms with Gasteiger partial charge in [0, 0.05) is 36.1 Å². The van der Waals surface area contributed by atoms with E-state index in [0.717, 1.165) is 17.3 Å². The molecule has 1 aliphatic rings. The second-order valence-corrected chi connectivity index (χ2v) is 10.2. The topological polar surface area (TPSA) is 130 Å². The van der Waals surface area contributed by atoms with E-state index in [9.17, 15) is 22.6 Å². The second kappa shape index (κ2) is 9.20. The van der Waals surface area contributed by atoms with E-state index in [-0.39, 0.29) is 27.9 Å². The first-order valence-corrected chi connectivity index (χ1v) is 12.8. The summed E-state index contributed by atoms with van der Waals surface area (Å²) in [5, 5.41) is 3.05. The van der Waals surface area contributed by atoms with E-state index in [1.54, 1.807) is 24.3 Å². The van der Waals surface area contributed by atoms with Crippen LogP contribution in [0.1, 0.15) is 37.4 Å². The van der Waals surface area contributed by atoms with E-state index in [0.29, 0.717) is 12.2 Å². The lowest BCUT2D eigenvalue weighted by Crippen LogP contribution is -2.25. The van der Waals surface area contributed by atoms with Gasteiger partial charge >= 0.3 is 0 Å². The van der Waals surface area contributed by atoms with Crippen molar-refractivity contribution in [3.8, 4) is 0 Å². The number of carbonyl (C=O) groups excluding carboxylic acids is 2. The quantitative estimate of drug-likeness (QED) is 0.221. The molecule has 0 spiro atoms. The van der Waals surface area contributed by atoms with Gasteiger partial charge < -0.3 is 16.0 Å². The molecule has 4 aromatic carbocycles. The molecule has 0 heterocycles. The number of anilines is 4. The van der Waals surface area contributed by atoms with Crippen LogP contribution in [0, 0.1) is 0 Å². The van der Waals surface area contributed by atoms with Gasteiger partial charge in [-0.2, -0.15) is 8.42 Å². The van der Waals surface area contributed by atoms with E-state index in [1.165, 1.54) is 12.1 Å². The van der Waals surface area contributed by atoms with Crippen LogP contribution in [0.3, 0.4) is 0 Å². The maximum Gasteiger partial charge on any atom is 0.296 e. The predicted molar refractivity (Wildman–Crippen MR) is 142 cm³/mol. The van der Waals surface area contributed by atoms with Crippen LogP contribution >= 0.6 is 0 Å². The minimum absolute atomic E-state index is 0.0427. The molecule has 0 aliphatic heterocycles. The minimum atomic E-state index is -4.78. The van der Waals surface area contributed by atoms with Crippen molar-refractivity contribution in [1.29, 1.82) is 0 Å². The zero-order valence-electron chi connectivity index (χ0n) is 19.8. The summed E-state index contributed by atoms with van der Waals surface area (Å²) in [6.45, 7) is 0.701. The number of hydrogen-bond donors (Lipinski definition) is 3. The molecule has 8 nitrogen and oxygen atoms in total. The van der Waals surface area contributed by atoms with Crippen LogP contribution in [0.4, 0.5) is 22.7 Å². The molecular weight excluding hydrogens is 490 g/mol. The maximum absolute atomic E-state index is 13.4. The summed E-state index contributed by atoms with van der Waals surface area (Å²) >= 11 is 0. The molecule has 1 aliphatic carbocycles. The number of nitrogens with zero attached hydrogens (tertiary/aromatic N) is 1. The molecule has 0 bridgehead atoms. The van der Waals surface area contributed by atoms with Crippen molar-refractivity contribution in [1.82, 2.24) is 0 Å². The van der Waals surface area contributed by atoms with Gasteiger partial charge in [-0.25, -0.2) is 0 Å². The molecule has 9 heteroatoms. The molecule has 0 aromatic heterocycles. The lowest BCUT2D eigenvalue weighted by molar-refractivity contribution is 0.0980. The van der Waals surface area contributed by atoms with Crippen molar-refractivity contribution in [2.75, 3.05) is 23.0 Å². The van der Waals surface area contributed by atoms with Crippen LogP contribution in [0.25, 0.3) is 0 Å². The highest BCUT2D eigenvalue weighted by Gasteiger charge is 2.36. The number of carbonyl (C=O) groups is 2. The Bertz CT molecular complexity index is 1650. The first kappa shape index (κ1) is 24.2. The highest BCUT2D eigenvalue weighted by atomic mass is 32.2. The fourth-order valence-electron chi connectivity index (χ4n) is 4.51. The zero-order chi connectivity index (χ0) is 26.3. The molecule has 186 valence electrons. The van der Waals surface area contributed by atoms with Crippen LogP contribution in [0.15, 0.2) is 89.8 Å². The summed E-state index contributed by atoms with van der Waals surface area (Å²) in [5.74, 6) is -1.06. The van der Waals surface area contributed by atoms with Gasteiger partial charge in [-0.3, -0.25) is 14.1 Å². The fraction of sp³-hybridized carbons (Fsp3) is 0.0714. The third kappa shape index (κ3) is 4.46. The molecule has 37 heavy (non-hydrogen) atoms. The number of benzene rings is 4. The van der Waals surface area contributed by atoms with Crippen LogP contribution in [0.2, 0.25) is 0 Å². The predicted octanol–water partition coefficient (Wildman–Crippen LogP) is 4.67. The average molecular weight is 514 g/mol. The summed E-state index contributed by atoms with van der Waals surface area (Å²) in [6, 6.07) is 24.7. The summed E-state index contributed by atoms with van der Waals surface area (Å²) in [7, 11) is -2.82. The van der Waals surface area contributed by atoms with Crippen molar-refractivity contribution < 1.29 is 22.6 Å². The Morgan fingerprint density at radius 1 is 0.838 bits per heavy atom. The minimum Gasteiger partial charge on any atom is -0.397 e. The third-order valence-electron chi connectivity index (χ3n) is 6.33. The molecule has 0 radical (unpaired) electrons. The monoisotopic (exact) mass is 513 g/mol. The molecule has 0 saturated carbocycles. The number of hydrogen-bond acceptors (Lipinski definition) is 7. The van der Waals surface area contributed by atoms with Crippen molar-refractivity contribution in [3.05, 3.63) is 113 Å². The van der Waals surface area contributed by atoms with Gasteiger partial charge in [0.05, 0.1) is 22.5 Å². The van der Waals surface area contributed by atoms with E-state index in [4.69, 9.17) is 5.73 Å². The van der Waals surface area contributed by atoms with E-state index in [2.05, 4.69) is 10.2 Å². The Morgan fingerprint density at radius 3 is 2.00 bits per heavy atom. The molecule has 0 fully saturated rings. The third-order valence-corrected chi connectivity index (χ3v) is 7.22. The Balaban J connectivity index is 1.54. The van der Waals surface area contributed by atoms with Gasteiger partial charge in [0.25, 0.3) is 10.1 Å². The van der Waals surface area contributed by atoms with Crippen molar-refractivity contribution >= 4 is 44.4 Å². The summed E-state index contributed by atoms with van der Waals surface area (Å²) < 4.78 is 34.0. The largest absolute Gasteiger partial charge is 0.397 e. The van der Waals surface area contributed by atoms with Crippen LogP contribution in [-0.4, -0.2) is 31.6 Å². The van der Waals surface area contributed by atoms with Crippen molar-refractivity contribution in [2.24, 2.45) is 0 Å². The highest BCUT2D eigenvalue weighted by molar-refractivity contribution is 7.86. The molecule has 5 rings (SSSR count). The lowest BCUT2D eigenvalue weighted by Gasteiger charge is -2.24. The highest BCUT2D eigenvalue weighted by Crippen LogP contribution is 2.40. The first-order chi connectivity index (χ1) is 17.6. The number of rotatable bonds is 6. The maximum atomic E-state index is 13.4. The van der Waals surface area contributed by atoms with E-state index in [1.807, 2.05) is 49.5 Å². The van der Waals surface area contributed by atoms with E-state index >= 15 is 0 Å². The van der Waals surface area contributed by atoms with Crippen LogP contribution in [0.5, 0.6) is 0 Å². The molecular formula is C28H23N3O5S. The fourth-order valence-corrected chi connectivity index (χ4v) is 5.16. The van der Waals surface area contributed by atoms with Gasteiger partial charge in [-0.15, -0.1) is 0 Å². The standard InChI is InChI=1S/C28H23N3O5S/c1-31(16-17-7-3-2-4-8-17)19-13-11-18(12-14-19)30-22-15-23(37(34,35)36)26(29)25-24(22)27(32)20-9-5-6-10-21(20)28(25)33/h2-15,30H,16,29H2,1H3,(H,34,35,36). The first-order valence-electron chi connectivity index (χ1n) is 11.4. The summed E-state index contributed by atoms with van der Waals surface area (Å²) in [6.07, 6.45) is 0. The molecule has 0 amide bonds. The van der Waals surface area contributed by atoms with Crippen LogP contribution in [-0.2, 0) is 16.7 Å². The second-order valence-electron chi connectivity index (χ2n) is 8.78. The lowest BCUT2D eigenvalue weighted by atomic mass is 9.82. The van der Waals surface area contributed by atoms with Gasteiger partial charge in [-0.1, -0.05) is 54.6 Å².